The summed E-state index contributed by atoms with van der Waals surface area (Å²) in [5.74, 6) is 0.0342. The van der Waals surface area contributed by atoms with Crippen molar-refractivity contribution in [3.05, 3.63) is 33.7 Å². The molecule has 1 aliphatic carbocycles. The smallest absolute Gasteiger partial charge is 0.159 e. The highest BCUT2D eigenvalue weighted by Gasteiger charge is 2.12. The Hall–Kier alpha value is -1.54. The second-order valence-corrected chi connectivity index (χ2v) is 2.53. The van der Waals surface area contributed by atoms with E-state index in [-0.39, 0.29) is 12.3 Å². The SMILES string of the molecule is CC(=O)C1=CCC=C1CN=[N+]=[N-]. The zero-order valence-corrected chi connectivity index (χ0v) is 6.82. The van der Waals surface area contributed by atoms with E-state index >= 15 is 0 Å². The maximum atomic E-state index is 11.0. The lowest BCUT2D eigenvalue weighted by Gasteiger charge is -1.99. The van der Waals surface area contributed by atoms with Gasteiger partial charge in [-0.1, -0.05) is 17.3 Å². The van der Waals surface area contributed by atoms with E-state index in [4.69, 9.17) is 5.53 Å². The van der Waals surface area contributed by atoms with Crippen molar-refractivity contribution in [3.63, 3.8) is 0 Å². The van der Waals surface area contributed by atoms with Crippen LogP contribution in [0.3, 0.4) is 0 Å². The Kier molecular flexibility index (Phi) is 2.66. The van der Waals surface area contributed by atoms with Crippen molar-refractivity contribution in [1.29, 1.82) is 0 Å². The summed E-state index contributed by atoms with van der Waals surface area (Å²) in [4.78, 5) is 13.6. The molecule has 4 nitrogen and oxygen atoms in total. The van der Waals surface area contributed by atoms with Gasteiger partial charge >= 0.3 is 0 Å². The molecule has 0 saturated carbocycles. The van der Waals surface area contributed by atoms with Gasteiger partial charge in [-0.25, -0.2) is 0 Å². The normalized spacial score (nSPS) is 14.8. The molecule has 62 valence electrons. The first-order valence-electron chi connectivity index (χ1n) is 3.67. The van der Waals surface area contributed by atoms with Gasteiger partial charge in [-0.05, 0) is 24.4 Å². The first kappa shape index (κ1) is 8.56. The van der Waals surface area contributed by atoms with E-state index in [1.165, 1.54) is 6.92 Å². The van der Waals surface area contributed by atoms with E-state index in [0.717, 1.165) is 12.0 Å². The summed E-state index contributed by atoms with van der Waals surface area (Å²) in [7, 11) is 0. The highest BCUT2D eigenvalue weighted by Crippen LogP contribution is 2.19. The minimum Gasteiger partial charge on any atom is -0.295 e. The molecule has 0 aromatic rings. The van der Waals surface area contributed by atoms with Gasteiger partial charge in [0.15, 0.2) is 5.78 Å². The number of hydrogen-bond donors (Lipinski definition) is 0. The third kappa shape index (κ3) is 1.74. The summed E-state index contributed by atoms with van der Waals surface area (Å²) in [6.07, 6.45) is 4.53. The molecular formula is C8H9N3O. The minimum atomic E-state index is 0.0342. The van der Waals surface area contributed by atoms with Crippen molar-refractivity contribution in [1.82, 2.24) is 0 Å². The topological polar surface area (TPSA) is 65.8 Å². The second kappa shape index (κ2) is 3.74. The molecule has 0 bridgehead atoms. The summed E-state index contributed by atoms with van der Waals surface area (Å²) in [6, 6.07) is 0. The van der Waals surface area contributed by atoms with Crippen LogP contribution in [0.15, 0.2) is 28.4 Å². The summed E-state index contributed by atoms with van der Waals surface area (Å²) >= 11 is 0. The van der Waals surface area contributed by atoms with E-state index in [1.54, 1.807) is 0 Å². The molecule has 0 atom stereocenters. The zero-order valence-electron chi connectivity index (χ0n) is 6.82. The Morgan fingerprint density at radius 1 is 1.75 bits per heavy atom. The lowest BCUT2D eigenvalue weighted by atomic mass is 10.1. The molecule has 0 N–H and O–H groups in total. The molecule has 1 rings (SSSR count). The third-order valence-corrected chi connectivity index (χ3v) is 1.72. The van der Waals surface area contributed by atoms with Crippen LogP contribution in [0.1, 0.15) is 13.3 Å². The number of ketones is 1. The minimum absolute atomic E-state index is 0.0342. The standard InChI is InChI=1S/C8H9N3O/c1-6(12)8-4-2-3-7(8)5-10-11-9/h3-4H,2,5H2,1H3. The molecule has 0 aromatic carbocycles. The Balaban J connectivity index is 2.73. The van der Waals surface area contributed by atoms with Crippen molar-refractivity contribution in [3.8, 4) is 0 Å². The lowest BCUT2D eigenvalue weighted by molar-refractivity contribution is -0.113. The van der Waals surface area contributed by atoms with Gasteiger partial charge in [-0.15, -0.1) is 0 Å². The fraction of sp³-hybridized carbons (Fsp3) is 0.375. The van der Waals surface area contributed by atoms with E-state index < -0.39 is 0 Å². The van der Waals surface area contributed by atoms with Crippen molar-refractivity contribution < 1.29 is 4.79 Å². The number of Topliss-reactive ketones (excluding diaryl/α,β-unsaturated/α-hetero) is 1. The van der Waals surface area contributed by atoms with E-state index in [0.29, 0.717) is 5.57 Å². The maximum absolute atomic E-state index is 11.0. The number of carbonyl (C=O) groups excluding carboxylic acids is 1. The van der Waals surface area contributed by atoms with Gasteiger partial charge in [-0.2, -0.15) is 0 Å². The van der Waals surface area contributed by atoms with Crippen molar-refractivity contribution in [2.75, 3.05) is 6.54 Å². The van der Waals surface area contributed by atoms with Crippen LogP contribution < -0.4 is 0 Å². The van der Waals surface area contributed by atoms with Gasteiger partial charge < -0.3 is 0 Å². The van der Waals surface area contributed by atoms with Crippen LogP contribution in [-0.4, -0.2) is 12.3 Å². The first-order chi connectivity index (χ1) is 5.75. The van der Waals surface area contributed by atoms with E-state index in [2.05, 4.69) is 10.0 Å². The number of rotatable bonds is 3. The Bertz CT molecular complexity index is 308. The highest BCUT2D eigenvalue weighted by molar-refractivity contribution is 5.98. The maximum Gasteiger partial charge on any atom is 0.159 e. The highest BCUT2D eigenvalue weighted by atomic mass is 16.1. The molecule has 0 aromatic heterocycles. The third-order valence-electron chi connectivity index (χ3n) is 1.72. The molecule has 1 aliphatic rings. The quantitative estimate of drug-likeness (QED) is 0.357. The van der Waals surface area contributed by atoms with Crippen LogP contribution in [0.2, 0.25) is 0 Å². The van der Waals surface area contributed by atoms with Crippen LogP contribution in [0.5, 0.6) is 0 Å². The molecule has 0 aliphatic heterocycles. The fourth-order valence-corrected chi connectivity index (χ4v) is 1.19. The molecule has 0 heterocycles. The largest absolute Gasteiger partial charge is 0.295 e. The van der Waals surface area contributed by atoms with Gasteiger partial charge in [0.05, 0.1) is 6.54 Å². The van der Waals surface area contributed by atoms with Crippen molar-refractivity contribution in [2.24, 2.45) is 5.11 Å². The van der Waals surface area contributed by atoms with E-state index in [9.17, 15) is 4.79 Å². The van der Waals surface area contributed by atoms with Gasteiger partial charge in [0, 0.05) is 10.5 Å². The van der Waals surface area contributed by atoms with Crippen LogP contribution in [0.4, 0.5) is 0 Å². The van der Waals surface area contributed by atoms with Gasteiger partial charge in [0.25, 0.3) is 0 Å². The molecule has 0 unspecified atom stereocenters. The molecule has 0 radical (unpaired) electrons. The summed E-state index contributed by atoms with van der Waals surface area (Å²) < 4.78 is 0. The molecule has 4 heteroatoms. The van der Waals surface area contributed by atoms with Gasteiger partial charge in [-0.3, -0.25) is 4.79 Å². The van der Waals surface area contributed by atoms with Crippen LogP contribution in [-0.2, 0) is 4.79 Å². The predicted molar refractivity (Wildman–Crippen MR) is 45.5 cm³/mol. The van der Waals surface area contributed by atoms with Crippen LogP contribution >= 0.6 is 0 Å². The molecule has 12 heavy (non-hydrogen) atoms. The lowest BCUT2D eigenvalue weighted by Crippen LogP contribution is -1.99. The number of carbonyl (C=O) groups is 1. The summed E-state index contributed by atoms with van der Waals surface area (Å²) in [6.45, 7) is 1.79. The zero-order chi connectivity index (χ0) is 8.97. The van der Waals surface area contributed by atoms with Crippen LogP contribution in [0, 0.1) is 0 Å². The Labute approximate surface area is 70.2 Å². The summed E-state index contributed by atoms with van der Waals surface area (Å²) in [5.41, 5.74) is 9.62. The molecule has 0 amide bonds. The monoisotopic (exact) mass is 163 g/mol. The average molecular weight is 163 g/mol. The first-order valence-corrected chi connectivity index (χ1v) is 3.67. The van der Waals surface area contributed by atoms with Gasteiger partial charge in [0.2, 0.25) is 0 Å². The molecule has 0 saturated heterocycles. The van der Waals surface area contributed by atoms with Crippen LogP contribution in [0.25, 0.3) is 10.4 Å². The number of allylic oxidation sites excluding steroid dienone is 2. The van der Waals surface area contributed by atoms with Crippen molar-refractivity contribution in [2.45, 2.75) is 13.3 Å². The fourth-order valence-electron chi connectivity index (χ4n) is 1.19. The number of hydrogen-bond acceptors (Lipinski definition) is 2. The molecule has 0 spiro atoms. The molecule has 0 fully saturated rings. The van der Waals surface area contributed by atoms with E-state index in [1.807, 2.05) is 12.2 Å². The molecular weight excluding hydrogens is 154 g/mol. The predicted octanol–water partition coefficient (Wildman–Crippen LogP) is 2.14. The van der Waals surface area contributed by atoms with Gasteiger partial charge in [0.1, 0.15) is 0 Å². The Morgan fingerprint density at radius 3 is 3.08 bits per heavy atom. The number of nitrogens with zero attached hydrogens (tertiary/aromatic N) is 3. The van der Waals surface area contributed by atoms with Crippen molar-refractivity contribution >= 4 is 5.78 Å². The summed E-state index contributed by atoms with van der Waals surface area (Å²) in [5, 5.41) is 3.41. The Morgan fingerprint density at radius 2 is 2.50 bits per heavy atom. The average Bonchev–Trinajstić information content (AvgIpc) is 2.48. The second-order valence-electron chi connectivity index (χ2n) is 2.53. The number of azide groups is 1.